The van der Waals surface area contributed by atoms with E-state index in [4.69, 9.17) is 0 Å². The van der Waals surface area contributed by atoms with Gasteiger partial charge in [-0.05, 0) is 42.4 Å². The molecule has 5 nitrogen and oxygen atoms in total. The van der Waals surface area contributed by atoms with Gasteiger partial charge in [-0.2, -0.15) is 4.68 Å². The van der Waals surface area contributed by atoms with Crippen molar-refractivity contribution in [1.29, 1.82) is 0 Å². The van der Waals surface area contributed by atoms with Gasteiger partial charge >= 0.3 is 0 Å². The van der Waals surface area contributed by atoms with Crippen LogP contribution in [-0.2, 0) is 6.54 Å². The predicted octanol–water partition coefficient (Wildman–Crippen LogP) is 2.15. The van der Waals surface area contributed by atoms with E-state index in [1.807, 2.05) is 13.8 Å². The number of pyridine rings is 1. The van der Waals surface area contributed by atoms with Crippen molar-refractivity contribution in [2.75, 3.05) is 6.54 Å². The topological polar surface area (TPSA) is 55.6 Å². The summed E-state index contributed by atoms with van der Waals surface area (Å²) in [6.07, 6.45) is 1.78. The van der Waals surface area contributed by atoms with Crippen molar-refractivity contribution in [1.82, 2.24) is 25.1 Å². The van der Waals surface area contributed by atoms with Crippen LogP contribution in [0.5, 0.6) is 0 Å². The van der Waals surface area contributed by atoms with Crippen LogP contribution in [0.2, 0.25) is 0 Å². The fraction of sp³-hybridized carbons (Fsp3) is 0.417. The molecule has 0 amide bonds. The Morgan fingerprint density at radius 1 is 1.39 bits per heavy atom. The van der Waals surface area contributed by atoms with Crippen LogP contribution in [0.15, 0.2) is 16.7 Å². The molecule has 18 heavy (non-hydrogen) atoms. The first-order chi connectivity index (χ1) is 8.61. The van der Waals surface area contributed by atoms with Gasteiger partial charge < -0.3 is 5.32 Å². The molecule has 2 heterocycles. The summed E-state index contributed by atoms with van der Waals surface area (Å²) < 4.78 is 2.75. The molecule has 0 aliphatic carbocycles. The molecule has 0 fully saturated rings. The highest BCUT2D eigenvalue weighted by Gasteiger charge is 2.11. The minimum absolute atomic E-state index is 0.756. The largest absolute Gasteiger partial charge is 0.313 e. The Hall–Kier alpha value is -1.27. The van der Waals surface area contributed by atoms with Gasteiger partial charge in [0.05, 0.1) is 0 Å². The van der Waals surface area contributed by atoms with Gasteiger partial charge in [0, 0.05) is 22.8 Å². The second-order valence-electron chi connectivity index (χ2n) is 4.03. The number of hydrogen-bond donors (Lipinski definition) is 1. The van der Waals surface area contributed by atoms with Crippen molar-refractivity contribution in [3.05, 3.63) is 33.9 Å². The van der Waals surface area contributed by atoms with Crippen LogP contribution < -0.4 is 5.32 Å². The molecule has 2 aromatic rings. The Kier molecular flexibility index (Phi) is 4.08. The third kappa shape index (κ3) is 2.76. The fourth-order valence-electron chi connectivity index (χ4n) is 1.78. The van der Waals surface area contributed by atoms with E-state index >= 15 is 0 Å². The van der Waals surface area contributed by atoms with Crippen LogP contribution in [0.1, 0.15) is 24.1 Å². The molecule has 0 radical (unpaired) electrons. The lowest BCUT2D eigenvalue weighted by atomic mass is 10.2. The summed E-state index contributed by atoms with van der Waals surface area (Å²) in [5.41, 5.74) is 1.10. The van der Waals surface area contributed by atoms with Gasteiger partial charge in [0.2, 0.25) is 0 Å². The standard InChI is InChI=1S/C12H16BrN5/c1-4-14-6-10-5-11(13)7-15-12(10)18-9(3)16-8(2)17-18/h5,7,14H,4,6H2,1-3H3. The average Bonchev–Trinajstić information content (AvgIpc) is 2.66. The van der Waals surface area contributed by atoms with E-state index in [2.05, 4.69) is 49.3 Å². The molecule has 2 aromatic heterocycles. The highest BCUT2D eigenvalue weighted by Crippen LogP contribution is 2.18. The van der Waals surface area contributed by atoms with Crippen molar-refractivity contribution in [3.8, 4) is 5.82 Å². The minimum atomic E-state index is 0.756. The highest BCUT2D eigenvalue weighted by molar-refractivity contribution is 9.10. The molecule has 96 valence electrons. The molecule has 6 heteroatoms. The van der Waals surface area contributed by atoms with Crippen molar-refractivity contribution < 1.29 is 0 Å². The Morgan fingerprint density at radius 3 is 2.78 bits per heavy atom. The van der Waals surface area contributed by atoms with Crippen LogP contribution in [0.25, 0.3) is 5.82 Å². The molecular formula is C12H16BrN5. The van der Waals surface area contributed by atoms with Gasteiger partial charge in [0.15, 0.2) is 5.82 Å². The third-order valence-electron chi connectivity index (χ3n) is 2.55. The number of nitrogens with one attached hydrogen (secondary N) is 1. The van der Waals surface area contributed by atoms with Gasteiger partial charge in [-0.25, -0.2) is 9.97 Å². The molecule has 2 rings (SSSR count). The molecule has 1 N–H and O–H groups in total. The van der Waals surface area contributed by atoms with Crippen molar-refractivity contribution >= 4 is 15.9 Å². The first-order valence-electron chi connectivity index (χ1n) is 5.87. The zero-order valence-corrected chi connectivity index (χ0v) is 12.3. The summed E-state index contributed by atoms with van der Waals surface area (Å²) in [6, 6.07) is 2.06. The van der Waals surface area contributed by atoms with Crippen molar-refractivity contribution in [2.24, 2.45) is 0 Å². The quantitative estimate of drug-likeness (QED) is 0.940. The highest BCUT2D eigenvalue weighted by atomic mass is 79.9. The van der Waals surface area contributed by atoms with Crippen molar-refractivity contribution in [2.45, 2.75) is 27.3 Å². The van der Waals surface area contributed by atoms with E-state index in [1.165, 1.54) is 0 Å². The lowest BCUT2D eigenvalue weighted by molar-refractivity contribution is 0.704. The van der Waals surface area contributed by atoms with Crippen LogP contribution in [0.4, 0.5) is 0 Å². The summed E-state index contributed by atoms with van der Waals surface area (Å²) in [5.74, 6) is 2.43. The Balaban J connectivity index is 2.46. The number of nitrogens with zero attached hydrogens (tertiary/aromatic N) is 4. The third-order valence-corrected chi connectivity index (χ3v) is 2.98. The first-order valence-corrected chi connectivity index (χ1v) is 6.67. The number of rotatable bonds is 4. The molecule has 0 atom stereocenters. The molecule has 0 aliphatic rings. The molecule has 0 unspecified atom stereocenters. The summed E-state index contributed by atoms with van der Waals surface area (Å²) >= 11 is 3.45. The number of aryl methyl sites for hydroxylation is 2. The van der Waals surface area contributed by atoms with E-state index in [-0.39, 0.29) is 0 Å². The number of aromatic nitrogens is 4. The monoisotopic (exact) mass is 309 g/mol. The zero-order valence-electron chi connectivity index (χ0n) is 10.7. The van der Waals surface area contributed by atoms with Gasteiger partial charge in [-0.1, -0.05) is 6.92 Å². The summed E-state index contributed by atoms with van der Waals surface area (Å²) in [7, 11) is 0. The molecule has 0 spiro atoms. The summed E-state index contributed by atoms with van der Waals surface area (Å²) in [6.45, 7) is 7.57. The van der Waals surface area contributed by atoms with E-state index in [9.17, 15) is 0 Å². The smallest absolute Gasteiger partial charge is 0.160 e. The second-order valence-corrected chi connectivity index (χ2v) is 4.95. The Morgan fingerprint density at radius 2 is 2.17 bits per heavy atom. The van der Waals surface area contributed by atoms with Crippen molar-refractivity contribution in [3.63, 3.8) is 0 Å². The maximum atomic E-state index is 4.45. The maximum absolute atomic E-state index is 4.45. The van der Waals surface area contributed by atoms with E-state index in [0.29, 0.717) is 0 Å². The minimum Gasteiger partial charge on any atom is -0.313 e. The maximum Gasteiger partial charge on any atom is 0.160 e. The first kappa shape index (κ1) is 13.2. The van der Waals surface area contributed by atoms with Crippen LogP contribution >= 0.6 is 15.9 Å². The van der Waals surface area contributed by atoms with Crippen LogP contribution in [0.3, 0.4) is 0 Å². The van der Waals surface area contributed by atoms with E-state index in [1.54, 1.807) is 10.9 Å². The lowest BCUT2D eigenvalue weighted by Crippen LogP contribution is -2.15. The van der Waals surface area contributed by atoms with Crippen LogP contribution in [0, 0.1) is 13.8 Å². The fourth-order valence-corrected chi connectivity index (χ4v) is 2.15. The number of halogens is 1. The molecule has 0 saturated carbocycles. The van der Waals surface area contributed by atoms with Gasteiger partial charge in [-0.3, -0.25) is 0 Å². The molecule has 0 aliphatic heterocycles. The predicted molar refractivity (Wildman–Crippen MR) is 73.7 cm³/mol. The van der Waals surface area contributed by atoms with Crippen LogP contribution in [-0.4, -0.2) is 26.3 Å². The molecule has 0 aromatic carbocycles. The Bertz CT molecular complexity index is 549. The second kappa shape index (κ2) is 5.58. The van der Waals surface area contributed by atoms with Gasteiger partial charge in [0.25, 0.3) is 0 Å². The molecule has 0 saturated heterocycles. The van der Waals surface area contributed by atoms with Gasteiger partial charge in [0.1, 0.15) is 11.6 Å². The average molecular weight is 310 g/mol. The molecular weight excluding hydrogens is 294 g/mol. The molecule has 0 bridgehead atoms. The zero-order chi connectivity index (χ0) is 13.1. The van der Waals surface area contributed by atoms with E-state index < -0.39 is 0 Å². The summed E-state index contributed by atoms with van der Waals surface area (Å²) in [5, 5.41) is 7.68. The summed E-state index contributed by atoms with van der Waals surface area (Å²) in [4.78, 5) is 8.76. The van der Waals surface area contributed by atoms with E-state index in [0.717, 1.165) is 40.6 Å². The normalized spacial score (nSPS) is 10.9. The SMILES string of the molecule is CCNCc1cc(Br)cnc1-n1nc(C)nc1C. The lowest BCUT2D eigenvalue weighted by Gasteiger charge is -2.10. The number of hydrogen-bond acceptors (Lipinski definition) is 4. The van der Waals surface area contributed by atoms with Gasteiger partial charge in [-0.15, -0.1) is 5.10 Å². The Labute approximate surface area is 115 Å².